The maximum absolute atomic E-state index is 5.26. The van der Waals surface area contributed by atoms with Gasteiger partial charge in [-0.3, -0.25) is 0 Å². The molecule has 0 atom stereocenters. The summed E-state index contributed by atoms with van der Waals surface area (Å²) in [6, 6.07) is 0. The number of thioether (sulfide) groups is 1. The first-order valence-corrected chi connectivity index (χ1v) is 3.78. The highest BCUT2D eigenvalue weighted by atomic mass is 32.2. The zero-order valence-electron chi connectivity index (χ0n) is 4.52. The summed E-state index contributed by atoms with van der Waals surface area (Å²) in [5.74, 6) is 2.43. The van der Waals surface area contributed by atoms with Gasteiger partial charge in [0.1, 0.15) is 0 Å². The van der Waals surface area contributed by atoms with Gasteiger partial charge in [-0.1, -0.05) is 0 Å². The van der Waals surface area contributed by atoms with Gasteiger partial charge in [-0.15, -0.1) is 0 Å². The third kappa shape index (κ3) is 1.35. The van der Waals surface area contributed by atoms with E-state index < -0.39 is 0 Å². The quantitative estimate of drug-likeness (QED) is 0.537. The summed E-state index contributed by atoms with van der Waals surface area (Å²) in [5, 5.41) is 0. The minimum atomic E-state index is 0.593. The van der Waals surface area contributed by atoms with Crippen LogP contribution in [-0.2, 0) is 4.74 Å². The molecule has 7 heavy (non-hydrogen) atoms. The summed E-state index contributed by atoms with van der Waals surface area (Å²) in [6.45, 7) is 2.92. The Morgan fingerprint density at radius 2 is 2.43 bits per heavy atom. The zero-order valence-corrected chi connectivity index (χ0v) is 5.33. The van der Waals surface area contributed by atoms with Crippen LogP contribution in [0.4, 0.5) is 0 Å². The minimum absolute atomic E-state index is 0.593. The molecule has 1 heterocycles. The summed E-state index contributed by atoms with van der Waals surface area (Å²) in [4.78, 5) is 0. The fourth-order valence-corrected chi connectivity index (χ4v) is 1.17. The van der Waals surface area contributed by atoms with Crippen LogP contribution in [0, 0.1) is 0 Å². The van der Waals surface area contributed by atoms with Crippen molar-refractivity contribution >= 4 is 11.8 Å². The fraction of sp³-hybridized carbons (Fsp3) is 1.00. The van der Waals surface area contributed by atoms with Gasteiger partial charge in [-0.2, -0.15) is 11.8 Å². The van der Waals surface area contributed by atoms with E-state index in [1.807, 2.05) is 18.7 Å². The summed E-state index contributed by atoms with van der Waals surface area (Å²) < 4.78 is 5.26. The van der Waals surface area contributed by atoms with Crippen LogP contribution in [0.25, 0.3) is 0 Å². The molecule has 0 saturated carbocycles. The standard InChI is InChI=1S/C5H10OS/c1-2-6-5-3-7-4-5/h5H,2-4H2,1H3. The summed E-state index contributed by atoms with van der Waals surface area (Å²) in [6.07, 6.45) is 0.593. The molecule has 1 aliphatic heterocycles. The molecule has 0 aromatic rings. The lowest BCUT2D eigenvalue weighted by atomic mass is 10.4. The molecule has 1 nitrogen and oxygen atoms in total. The monoisotopic (exact) mass is 118 g/mol. The average molecular weight is 118 g/mol. The lowest BCUT2D eigenvalue weighted by molar-refractivity contribution is 0.0889. The molecule has 0 radical (unpaired) electrons. The zero-order chi connectivity index (χ0) is 5.11. The van der Waals surface area contributed by atoms with E-state index in [4.69, 9.17) is 4.74 Å². The predicted octanol–water partition coefficient (Wildman–Crippen LogP) is 1.14. The van der Waals surface area contributed by atoms with Crippen molar-refractivity contribution in [3.63, 3.8) is 0 Å². The molecule has 1 rings (SSSR count). The fourth-order valence-electron chi connectivity index (χ4n) is 0.546. The van der Waals surface area contributed by atoms with Gasteiger partial charge in [-0.05, 0) is 6.92 Å². The van der Waals surface area contributed by atoms with Gasteiger partial charge in [0.05, 0.1) is 6.10 Å². The van der Waals surface area contributed by atoms with Crippen LogP contribution < -0.4 is 0 Å². The van der Waals surface area contributed by atoms with E-state index in [0.717, 1.165) is 6.61 Å². The SMILES string of the molecule is CCOC1CSC1. The lowest BCUT2D eigenvalue weighted by Crippen LogP contribution is -2.27. The highest BCUT2D eigenvalue weighted by molar-refractivity contribution is 8.00. The van der Waals surface area contributed by atoms with Crippen molar-refractivity contribution in [2.45, 2.75) is 13.0 Å². The summed E-state index contributed by atoms with van der Waals surface area (Å²) >= 11 is 1.96. The third-order valence-electron chi connectivity index (χ3n) is 1.01. The Labute approximate surface area is 48.4 Å². The second kappa shape index (κ2) is 2.58. The first kappa shape index (κ1) is 5.45. The molecule has 0 aromatic carbocycles. The summed E-state index contributed by atoms with van der Waals surface area (Å²) in [5.41, 5.74) is 0. The molecule has 0 unspecified atom stereocenters. The molecular formula is C5H10OS. The third-order valence-corrected chi connectivity index (χ3v) is 2.22. The molecule has 0 N–H and O–H groups in total. The van der Waals surface area contributed by atoms with Crippen LogP contribution in [0.15, 0.2) is 0 Å². The summed E-state index contributed by atoms with van der Waals surface area (Å²) in [7, 11) is 0. The second-order valence-electron chi connectivity index (χ2n) is 1.61. The Hall–Kier alpha value is 0.310. The largest absolute Gasteiger partial charge is 0.377 e. The molecular weight excluding hydrogens is 108 g/mol. The Morgan fingerprint density at radius 1 is 1.71 bits per heavy atom. The molecule has 1 fully saturated rings. The molecule has 1 saturated heterocycles. The van der Waals surface area contributed by atoms with E-state index in [0.29, 0.717) is 6.10 Å². The molecule has 0 spiro atoms. The number of hydrogen-bond acceptors (Lipinski definition) is 2. The normalized spacial score (nSPS) is 21.9. The number of hydrogen-bond donors (Lipinski definition) is 0. The topological polar surface area (TPSA) is 9.23 Å². The highest BCUT2D eigenvalue weighted by Crippen LogP contribution is 2.19. The maximum atomic E-state index is 5.26. The van der Waals surface area contributed by atoms with Crippen molar-refractivity contribution in [1.82, 2.24) is 0 Å². The molecule has 0 aromatic heterocycles. The maximum Gasteiger partial charge on any atom is 0.0755 e. The van der Waals surface area contributed by atoms with Gasteiger partial charge in [-0.25, -0.2) is 0 Å². The molecule has 0 aliphatic carbocycles. The van der Waals surface area contributed by atoms with Crippen LogP contribution in [0.1, 0.15) is 6.92 Å². The van der Waals surface area contributed by atoms with E-state index in [2.05, 4.69) is 0 Å². The van der Waals surface area contributed by atoms with Crippen molar-refractivity contribution in [3.05, 3.63) is 0 Å². The second-order valence-corrected chi connectivity index (χ2v) is 2.69. The first-order valence-electron chi connectivity index (χ1n) is 2.63. The van der Waals surface area contributed by atoms with Crippen molar-refractivity contribution in [1.29, 1.82) is 0 Å². The molecule has 0 bridgehead atoms. The van der Waals surface area contributed by atoms with E-state index >= 15 is 0 Å². The van der Waals surface area contributed by atoms with Crippen molar-refractivity contribution in [3.8, 4) is 0 Å². The molecule has 1 aliphatic rings. The molecule has 2 heteroatoms. The smallest absolute Gasteiger partial charge is 0.0755 e. The predicted molar refractivity (Wildman–Crippen MR) is 32.7 cm³/mol. The van der Waals surface area contributed by atoms with Crippen LogP contribution >= 0.6 is 11.8 Å². The van der Waals surface area contributed by atoms with Crippen LogP contribution in [0.5, 0.6) is 0 Å². The van der Waals surface area contributed by atoms with Gasteiger partial charge in [0.25, 0.3) is 0 Å². The first-order chi connectivity index (χ1) is 3.43. The Bertz CT molecular complexity index is 52.0. The Kier molecular flexibility index (Phi) is 2.00. The van der Waals surface area contributed by atoms with E-state index in [1.54, 1.807) is 0 Å². The van der Waals surface area contributed by atoms with E-state index in [9.17, 15) is 0 Å². The number of rotatable bonds is 2. The van der Waals surface area contributed by atoms with Gasteiger partial charge < -0.3 is 4.74 Å². The Balaban J connectivity index is 1.93. The highest BCUT2D eigenvalue weighted by Gasteiger charge is 2.16. The minimum Gasteiger partial charge on any atom is -0.377 e. The van der Waals surface area contributed by atoms with Gasteiger partial charge >= 0.3 is 0 Å². The van der Waals surface area contributed by atoms with Crippen LogP contribution in [-0.4, -0.2) is 24.2 Å². The lowest BCUT2D eigenvalue weighted by Gasteiger charge is -2.23. The van der Waals surface area contributed by atoms with Crippen molar-refractivity contribution in [2.24, 2.45) is 0 Å². The molecule has 42 valence electrons. The van der Waals surface area contributed by atoms with E-state index in [1.165, 1.54) is 11.5 Å². The van der Waals surface area contributed by atoms with Gasteiger partial charge in [0.2, 0.25) is 0 Å². The molecule has 0 amide bonds. The average Bonchev–Trinajstić information content (AvgIpc) is 1.55. The van der Waals surface area contributed by atoms with Crippen LogP contribution in [0.3, 0.4) is 0 Å². The van der Waals surface area contributed by atoms with Crippen molar-refractivity contribution in [2.75, 3.05) is 18.1 Å². The van der Waals surface area contributed by atoms with E-state index in [-0.39, 0.29) is 0 Å². The Morgan fingerprint density at radius 3 is 2.57 bits per heavy atom. The number of ether oxygens (including phenoxy) is 1. The van der Waals surface area contributed by atoms with Gasteiger partial charge in [0, 0.05) is 18.1 Å². The van der Waals surface area contributed by atoms with Crippen molar-refractivity contribution < 1.29 is 4.74 Å². The van der Waals surface area contributed by atoms with Crippen LogP contribution in [0.2, 0.25) is 0 Å². The van der Waals surface area contributed by atoms with Gasteiger partial charge in [0.15, 0.2) is 0 Å².